The van der Waals surface area contributed by atoms with Crippen molar-refractivity contribution in [2.24, 2.45) is 0 Å². The van der Waals surface area contributed by atoms with Crippen molar-refractivity contribution in [2.75, 3.05) is 6.54 Å². The van der Waals surface area contributed by atoms with Gasteiger partial charge in [-0.3, -0.25) is 14.3 Å². The Morgan fingerprint density at radius 3 is 2.85 bits per heavy atom. The van der Waals surface area contributed by atoms with E-state index in [9.17, 15) is 9.59 Å². The predicted molar refractivity (Wildman–Crippen MR) is 92.5 cm³/mol. The average molecular weight is 367 g/mol. The summed E-state index contributed by atoms with van der Waals surface area (Å²) >= 11 is 0. The minimum Gasteiger partial charge on any atom is -0.481 e. The quantitative estimate of drug-likeness (QED) is 0.680. The van der Waals surface area contributed by atoms with Crippen LogP contribution in [0.3, 0.4) is 0 Å². The molecule has 3 heterocycles. The highest BCUT2D eigenvalue weighted by Crippen LogP contribution is 2.23. The Kier molecular flexibility index (Phi) is 4.37. The first kappa shape index (κ1) is 16.9. The molecule has 1 aliphatic rings. The van der Waals surface area contributed by atoms with E-state index in [2.05, 4.69) is 25.7 Å². The number of hydrogen-bond donors (Lipinski definition) is 2. The van der Waals surface area contributed by atoms with Crippen LogP contribution in [0.2, 0.25) is 0 Å². The van der Waals surface area contributed by atoms with Crippen LogP contribution in [-0.4, -0.2) is 58.8 Å². The second-order valence-corrected chi connectivity index (χ2v) is 6.25. The van der Waals surface area contributed by atoms with Gasteiger partial charge in [0.1, 0.15) is 0 Å². The van der Waals surface area contributed by atoms with E-state index in [0.29, 0.717) is 43.0 Å². The first-order chi connectivity index (χ1) is 13.1. The molecule has 0 spiro atoms. The molecule has 0 unspecified atom stereocenters. The second-order valence-electron chi connectivity index (χ2n) is 6.25. The Bertz CT molecular complexity index is 980. The number of carbonyl (C=O) groups is 2. The van der Waals surface area contributed by atoms with Crippen molar-refractivity contribution < 1.29 is 14.7 Å². The summed E-state index contributed by atoms with van der Waals surface area (Å²) < 4.78 is 1.84. The fraction of sp³-hybridized carbons (Fsp3) is 0.294. The number of carboxylic acids is 1. The van der Waals surface area contributed by atoms with Gasteiger partial charge in [0.05, 0.1) is 36.5 Å². The number of benzene rings is 1. The number of carboxylic acid groups (broad SMARTS) is 1. The first-order valence-electron chi connectivity index (χ1n) is 8.51. The third kappa shape index (κ3) is 3.41. The lowest BCUT2D eigenvalue weighted by Gasteiger charge is -2.28. The Balaban J connectivity index is 1.54. The van der Waals surface area contributed by atoms with Crippen molar-refractivity contribution in [3.8, 4) is 11.4 Å². The number of nitrogens with one attached hydrogen (secondary N) is 1. The molecule has 0 saturated heterocycles. The van der Waals surface area contributed by atoms with Gasteiger partial charge in [-0.1, -0.05) is 18.2 Å². The van der Waals surface area contributed by atoms with E-state index in [4.69, 9.17) is 5.11 Å². The van der Waals surface area contributed by atoms with Crippen molar-refractivity contribution in [1.82, 2.24) is 35.3 Å². The van der Waals surface area contributed by atoms with Crippen LogP contribution in [-0.2, 0) is 24.3 Å². The van der Waals surface area contributed by atoms with Crippen LogP contribution in [0.25, 0.3) is 11.4 Å². The molecule has 10 nitrogen and oxygen atoms in total. The van der Waals surface area contributed by atoms with Crippen molar-refractivity contribution in [2.45, 2.75) is 25.9 Å². The van der Waals surface area contributed by atoms with E-state index in [0.717, 1.165) is 11.4 Å². The summed E-state index contributed by atoms with van der Waals surface area (Å²) in [6, 6.07) is 9.03. The Morgan fingerprint density at radius 1 is 1.22 bits per heavy atom. The number of fused-ring (bicyclic) bond motifs is 1. The Labute approximate surface area is 153 Å². The van der Waals surface area contributed by atoms with Gasteiger partial charge in [-0.2, -0.15) is 10.3 Å². The lowest BCUT2D eigenvalue weighted by molar-refractivity contribution is -0.136. The van der Waals surface area contributed by atoms with Gasteiger partial charge in [0.25, 0.3) is 5.91 Å². The van der Waals surface area contributed by atoms with E-state index in [-0.39, 0.29) is 12.3 Å². The van der Waals surface area contributed by atoms with Gasteiger partial charge in [-0.05, 0) is 17.3 Å². The summed E-state index contributed by atoms with van der Waals surface area (Å²) in [4.78, 5) is 25.6. The highest BCUT2D eigenvalue weighted by atomic mass is 16.4. The summed E-state index contributed by atoms with van der Waals surface area (Å²) in [5.74, 6) is -0.595. The Hall–Kier alpha value is -3.56. The molecule has 1 aliphatic heterocycles. The number of aromatic amines is 1. The molecule has 2 N–H and O–H groups in total. The second kappa shape index (κ2) is 6.98. The maximum absolute atomic E-state index is 13.1. The van der Waals surface area contributed by atoms with Gasteiger partial charge in [0, 0.05) is 18.5 Å². The molecule has 138 valence electrons. The molecule has 0 radical (unpaired) electrons. The van der Waals surface area contributed by atoms with Crippen LogP contribution in [0.1, 0.15) is 28.2 Å². The van der Waals surface area contributed by atoms with Gasteiger partial charge in [-0.25, -0.2) is 0 Å². The molecule has 1 aromatic carbocycles. The molecule has 1 amide bonds. The molecular weight excluding hydrogens is 350 g/mol. The van der Waals surface area contributed by atoms with E-state index >= 15 is 0 Å². The molecule has 0 fully saturated rings. The minimum atomic E-state index is -0.851. The fourth-order valence-electron chi connectivity index (χ4n) is 3.17. The number of H-pyrrole nitrogens is 1. The lowest BCUT2D eigenvalue weighted by Crippen LogP contribution is -2.38. The largest absolute Gasteiger partial charge is 0.481 e. The molecule has 3 aromatic rings. The molecule has 0 atom stereocenters. The number of nitrogens with zero attached hydrogens (tertiary/aromatic N) is 6. The van der Waals surface area contributed by atoms with Gasteiger partial charge < -0.3 is 10.0 Å². The molecule has 2 aromatic heterocycles. The van der Waals surface area contributed by atoms with E-state index in [1.165, 1.54) is 0 Å². The van der Waals surface area contributed by atoms with Gasteiger partial charge in [-0.15, -0.1) is 10.2 Å². The topological polar surface area (TPSA) is 130 Å². The number of tetrazole rings is 1. The van der Waals surface area contributed by atoms with Crippen LogP contribution in [0.5, 0.6) is 0 Å². The highest BCUT2D eigenvalue weighted by Gasteiger charge is 2.25. The van der Waals surface area contributed by atoms with Crippen LogP contribution < -0.4 is 0 Å². The smallest absolute Gasteiger partial charge is 0.303 e. The lowest BCUT2D eigenvalue weighted by atomic mass is 10.1. The van der Waals surface area contributed by atoms with Crippen LogP contribution >= 0.6 is 0 Å². The molecular formula is C17H17N7O3. The number of aliphatic carboxylic acids is 1. The zero-order valence-electron chi connectivity index (χ0n) is 14.4. The SMILES string of the molecule is O=C(O)CCc1cc2n(n1)CCN(C(=O)c1ccccc1-c1nn[nH]n1)C2. The van der Waals surface area contributed by atoms with Crippen molar-refractivity contribution in [3.63, 3.8) is 0 Å². The molecule has 4 rings (SSSR count). The van der Waals surface area contributed by atoms with Gasteiger partial charge in [0.15, 0.2) is 0 Å². The molecule has 0 bridgehead atoms. The molecule has 0 aliphatic carbocycles. The average Bonchev–Trinajstić information content (AvgIpc) is 3.34. The summed E-state index contributed by atoms with van der Waals surface area (Å²) in [5.41, 5.74) is 2.76. The Morgan fingerprint density at radius 2 is 2.07 bits per heavy atom. The summed E-state index contributed by atoms with van der Waals surface area (Å²) in [6.07, 6.45) is 0.418. The number of carbonyl (C=O) groups excluding carboxylic acids is 1. The third-order valence-electron chi connectivity index (χ3n) is 4.47. The number of hydrogen-bond acceptors (Lipinski definition) is 6. The molecule has 0 saturated carbocycles. The summed E-state index contributed by atoms with van der Waals surface area (Å²) in [7, 11) is 0. The number of aryl methyl sites for hydroxylation is 1. The van der Waals surface area contributed by atoms with E-state index < -0.39 is 5.97 Å². The normalized spacial score (nSPS) is 13.4. The minimum absolute atomic E-state index is 0.0389. The summed E-state index contributed by atoms with van der Waals surface area (Å²) in [5, 5.41) is 27.1. The summed E-state index contributed by atoms with van der Waals surface area (Å²) in [6.45, 7) is 1.50. The maximum Gasteiger partial charge on any atom is 0.303 e. The third-order valence-corrected chi connectivity index (χ3v) is 4.47. The monoisotopic (exact) mass is 367 g/mol. The number of amides is 1. The van der Waals surface area contributed by atoms with Crippen molar-refractivity contribution >= 4 is 11.9 Å². The zero-order chi connectivity index (χ0) is 18.8. The van der Waals surface area contributed by atoms with Crippen LogP contribution in [0.4, 0.5) is 0 Å². The zero-order valence-corrected chi connectivity index (χ0v) is 14.4. The van der Waals surface area contributed by atoms with Crippen LogP contribution in [0, 0.1) is 0 Å². The highest BCUT2D eigenvalue weighted by molar-refractivity contribution is 6.00. The maximum atomic E-state index is 13.1. The van der Waals surface area contributed by atoms with Gasteiger partial charge >= 0.3 is 5.97 Å². The fourth-order valence-corrected chi connectivity index (χ4v) is 3.17. The number of rotatable bonds is 5. The standard InChI is InChI=1S/C17H17N7O3/c25-15(26)6-5-11-9-12-10-23(7-8-24(12)20-11)17(27)14-4-2-1-3-13(14)16-18-21-22-19-16/h1-4,9H,5-8,10H2,(H,25,26)(H,18,19,21,22). The first-order valence-corrected chi connectivity index (χ1v) is 8.51. The predicted octanol–water partition coefficient (Wildman–Crippen LogP) is 0.736. The molecule has 27 heavy (non-hydrogen) atoms. The van der Waals surface area contributed by atoms with Crippen molar-refractivity contribution in [1.29, 1.82) is 0 Å². The van der Waals surface area contributed by atoms with Crippen molar-refractivity contribution in [3.05, 3.63) is 47.3 Å². The van der Waals surface area contributed by atoms with Crippen LogP contribution in [0.15, 0.2) is 30.3 Å². The van der Waals surface area contributed by atoms with E-state index in [1.54, 1.807) is 23.1 Å². The van der Waals surface area contributed by atoms with Gasteiger partial charge in [0.2, 0.25) is 5.82 Å². The molecule has 10 heteroatoms. The number of aromatic nitrogens is 6. The van der Waals surface area contributed by atoms with E-state index in [1.807, 2.05) is 16.8 Å².